The molecule has 0 saturated heterocycles. The van der Waals surface area contributed by atoms with Gasteiger partial charge in [0.05, 0.1) is 0 Å². The van der Waals surface area contributed by atoms with Crippen molar-refractivity contribution in [2.45, 2.75) is 6.61 Å². The maximum Gasteiger partial charge on any atom is 0.257 e. The summed E-state index contributed by atoms with van der Waals surface area (Å²) in [6.07, 6.45) is 0. The summed E-state index contributed by atoms with van der Waals surface area (Å²) in [5.41, 5.74) is 4.17. The van der Waals surface area contributed by atoms with Crippen LogP contribution in [0.15, 0.2) is 48.5 Å². The van der Waals surface area contributed by atoms with Crippen molar-refractivity contribution in [3.05, 3.63) is 59.1 Å². The minimum atomic E-state index is 0.279. The molecule has 3 aromatic rings. The lowest BCUT2D eigenvalue weighted by Crippen LogP contribution is -2.18. The topological polar surface area (TPSA) is 104 Å². The molecule has 0 amide bonds. The van der Waals surface area contributed by atoms with Crippen molar-refractivity contribution in [1.29, 1.82) is 0 Å². The molecule has 0 fully saturated rings. The van der Waals surface area contributed by atoms with Gasteiger partial charge >= 0.3 is 0 Å². The van der Waals surface area contributed by atoms with E-state index >= 15 is 0 Å². The van der Waals surface area contributed by atoms with Gasteiger partial charge in [-0.1, -0.05) is 23.7 Å². The minimum absolute atomic E-state index is 0.279. The van der Waals surface area contributed by atoms with E-state index in [0.717, 1.165) is 16.9 Å². The molecule has 3 rings (SSSR count). The average molecular weight is 331 g/mol. The second-order valence-electron chi connectivity index (χ2n) is 4.80. The van der Waals surface area contributed by atoms with E-state index in [9.17, 15) is 0 Å². The number of nitrogens with two attached hydrogens (primary N) is 2. The number of aromatic nitrogens is 3. The maximum atomic E-state index is 5.95. The second kappa shape index (κ2) is 6.55. The molecular formula is C15H15ClN6O. The molecule has 2 aromatic carbocycles. The van der Waals surface area contributed by atoms with E-state index in [-0.39, 0.29) is 5.95 Å². The van der Waals surface area contributed by atoms with Crippen molar-refractivity contribution in [3.8, 4) is 17.1 Å². The van der Waals surface area contributed by atoms with E-state index in [1.807, 2.05) is 48.5 Å². The number of nitrogens with one attached hydrogen (secondary N) is 1. The van der Waals surface area contributed by atoms with Crippen molar-refractivity contribution in [2.75, 3.05) is 11.3 Å². The highest BCUT2D eigenvalue weighted by molar-refractivity contribution is 6.30. The third-order valence-electron chi connectivity index (χ3n) is 3.23. The number of halogens is 1. The van der Waals surface area contributed by atoms with Gasteiger partial charge in [0.15, 0.2) is 5.82 Å². The molecule has 8 heteroatoms. The number of rotatable bonds is 5. The van der Waals surface area contributed by atoms with Crippen molar-refractivity contribution in [2.24, 2.45) is 5.84 Å². The fourth-order valence-corrected chi connectivity index (χ4v) is 2.29. The standard InChI is InChI=1S/C15H15ClN6O/c16-12-3-1-2-10(8-12)9-23-13-6-4-11(5-7-13)14-20-21-15(19-17)22(14)18/h1-8H,9,17-18H2,(H,19,21). The van der Waals surface area contributed by atoms with Gasteiger partial charge in [-0.15, -0.1) is 10.2 Å². The Labute approximate surface area is 137 Å². The van der Waals surface area contributed by atoms with E-state index in [1.54, 1.807) is 0 Å². The van der Waals surface area contributed by atoms with Crippen LogP contribution in [0.25, 0.3) is 11.4 Å². The van der Waals surface area contributed by atoms with Gasteiger partial charge in [0.1, 0.15) is 12.4 Å². The van der Waals surface area contributed by atoms with Crippen LogP contribution in [-0.4, -0.2) is 14.9 Å². The van der Waals surface area contributed by atoms with Gasteiger partial charge in [0.2, 0.25) is 0 Å². The number of nitrogen functional groups attached to an aromatic ring is 2. The van der Waals surface area contributed by atoms with E-state index < -0.39 is 0 Å². The fraction of sp³-hybridized carbons (Fsp3) is 0.0667. The summed E-state index contributed by atoms with van der Waals surface area (Å²) in [7, 11) is 0. The smallest absolute Gasteiger partial charge is 0.257 e. The minimum Gasteiger partial charge on any atom is -0.489 e. The van der Waals surface area contributed by atoms with Crippen LogP contribution in [0.4, 0.5) is 5.95 Å². The van der Waals surface area contributed by atoms with Gasteiger partial charge in [-0.3, -0.25) is 5.43 Å². The highest BCUT2D eigenvalue weighted by Gasteiger charge is 2.10. The highest BCUT2D eigenvalue weighted by Crippen LogP contribution is 2.22. The molecule has 118 valence electrons. The lowest BCUT2D eigenvalue weighted by molar-refractivity contribution is 0.306. The molecule has 0 aliphatic rings. The summed E-state index contributed by atoms with van der Waals surface area (Å²) in [5, 5.41) is 8.49. The second-order valence-corrected chi connectivity index (χ2v) is 5.24. The summed E-state index contributed by atoms with van der Waals surface area (Å²) in [5.74, 6) is 12.6. The van der Waals surface area contributed by atoms with Crippen LogP contribution in [-0.2, 0) is 6.61 Å². The van der Waals surface area contributed by atoms with Gasteiger partial charge in [-0.25, -0.2) is 10.5 Å². The van der Waals surface area contributed by atoms with E-state index in [2.05, 4.69) is 15.6 Å². The molecule has 0 spiro atoms. The molecule has 1 heterocycles. The molecule has 0 atom stereocenters. The Morgan fingerprint density at radius 3 is 2.57 bits per heavy atom. The van der Waals surface area contributed by atoms with Crippen LogP contribution in [0.2, 0.25) is 5.02 Å². The van der Waals surface area contributed by atoms with Crippen LogP contribution in [0.5, 0.6) is 5.75 Å². The number of hydrogen-bond acceptors (Lipinski definition) is 6. The van der Waals surface area contributed by atoms with Crippen LogP contribution < -0.4 is 21.8 Å². The SMILES string of the molecule is NNc1nnc(-c2ccc(OCc3cccc(Cl)c3)cc2)n1N. The molecule has 5 N–H and O–H groups in total. The Hall–Kier alpha value is -2.77. The Balaban J connectivity index is 1.70. The van der Waals surface area contributed by atoms with Crippen LogP contribution in [0, 0.1) is 0 Å². The predicted octanol–water partition coefficient (Wildman–Crippen LogP) is 2.18. The monoisotopic (exact) mass is 330 g/mol. The Morgan fingerprint density at radius 2 is 1.91 bits per heavy atom. The zero-order chi connectivity index (χ0) is 16.2. The van der Waals surface area contributed by atoms with Crippen molar-refractivity contribution < 1.29 is 4.74 Å². The molecule has 0 radical (unpaired) electrons. The predicted molar refractivity (Wildman–Crippen MR) is 89.2 cm³/mol. The zero-order valence-corrected chi connectivity index (χ0v) is 12.9. The Bertz CT molecular complexity index is 802. The van der Waals surface area contributed by atoms with Crippen LogP contribution >= 0.6 is 11.6 Å². The maximum absolute atomic E-state index is 5.95. The molecule has 0 aliphatic carbocycles. The summed E-state index contributed by atoms with van der Waals surface area (Å²) >= 11 is 5.95. The van der Waals surface area contributed by atoms with Gasteiger partial charge in [0.25, 0.3) is 5.95 Å². The van der Waals surface area contributed by atoms with E-state index in [4.69, 9.17) is 28.0 Å². The summed E-state index contributed by atoms with van der Waals surface area (Å²) in [4.78, 5) is 0. The number of hydrazine groups is 1. The van der Waals surface area contributed by atoms with Gasteiger partial charge in [0, 0.05) is 10.6 Å². The molecule has 7 nitrogen and oxygen atoms in total. The fourth-order valence-electron chi connectivity index (χ4n) is 2.08. The number of ether oxygens (including phenoxy) is 1. The first-order valence-corrected chi connectivity index (χ1v) is 7.20. The lowest BCUT2D eigenvalue weighted by Gasteiger charge is -2.08. The van der Waals surface area contributed by atoms with Crippen molar-refractivity contribution >= 4 is 17.5 Å². The number of anilines is 1. The normalized spacial score (nSPS) is 10.5. The third kappa shape index (κ3) is 3.36. The summed E-state index contributed by atoms with van der Waals surface area (Å²) in [6, 6.07) is 14.9. The molecular weight excluding hydrogens is 316 g/mol. The number of benzene rings is 2. The van der Waals surface area contributed by atoms with E-state index in [0.29, 0.717) is 17.5 Å². The van der Waals surface area contributed by atoms with Crippen molar-refractivity contribution in [1.82, 2.24) is 14.9 Å². The summed E-state index contributed by atoms with van der Waals surface area (Å²) < 4.78 is 7.01. The summed E-state index contributed by atoms with van der Waals surface area (Å²) in [6.45, 7) is 0.439. The van der Waals surface area contributed by atoms with Crippen molar-refractivity contribution in [3.63, 3.8) is 0 Å². The van der Waals surface area contributed by atoms with Gasteiger partial charge in [-0.05, 0) is 42.0 Å². The molecule has 23 heavy (non-hydrogen) atoms. The van der Waals surface area contributed by atoms with E-state index in [1.165, 1.54) is 4.68 Å². The molecule has 0 unspecified atom stereocenters. The molecule has 0 aliphatic heterocycles. The number of hydrogen-bond donors (Lipinski definition) is 3. The van der Waals surface area contributed by atoms with Gasteiger partial charge < -0.3 is 10.6 Å². The highest BCUT2D eigenvalue weighted by atomic mass is 35.5. The molecule has 0 bridgehead atoms. The average Bonchev–Trinajstić information content (AvgIpc) is 2.94. The first kappa shape index (κ1) is 15.1. The quantitative estimate of drug-likeness (QED) is 0.489. The molecule has 1 aromatic heterocycles. The number of nitrogens with zero attached hydrogens (tertiary/aromatic N) is 3. The lowest BCUT2D eigenvalue weighted by atomic mass is 10.2. The van der Waals surface area contributed by atoms with Crippen LogP contribution in [0.1, 0.15) is 5.56 Å². The third-order valence-corrected chi connectivity index (χ3v) is 3.47. The zero-order valence-electron chi connectivity index (χ0n) is 12.1. The Morgan fingerprint density at radius 1 is 1.13 bits per heavy atom. The molecule has 0 saturated carbocycles. The first-order chi connectivity index (χ1) is 11.2. The largest absolute Gasteiger partial charge is 0.489 e. The first-order valence-electron chi connectivity index (χ1n) is 6.82. The van der Waals surface area contributed by atoms with Crippen LogP contribution in [0.3, 0.4) is 0 Å². The van der Waals surface area contributed by atoms with Gasteiger partial charge in [-0.2, -0.15) is 0 Å². The Kier molecular flexibility index (Phi) is 4.31.